The topological polar surface area (TPSA) is 94.1 Å². The Labute approximate surface area is 191 Å². The van der Waals surface area contributed by atoms with Crippen molar-refractivity contribution in [3.63, 3.8) is 0 Å². The highest BCUT2D eigenvalue weighted by molar-refractivity contribution is 6.56. The second-order valence-corrected chi connectivity index (χ2v) is 9.77. The van der Waals surface area contributed by atoms with Crippen LogP contribution in [0.2, 0.25) is 0 Å². The van der Waals surface area contributed by atoms with Gasteiger partial charge in [0.2, 0.25) is 0 Å². The van der Waals surface area contributed by atoms with Crippen LogP contribution in [0, 0.1) is 0 Å². The van der Waals surface area contributed by atoms with Gasteiger partial charge in [0.1, 0.15) is 5.60 Å². The number of nitrogens with one attached hydrogen (secondary N) is 1. The second-order valence-electron chi connectivity index (χ2n) is 9.77. The highest BCUT2D eigenvalue weighted by Crippen LogP contribution is 2.39. The summed E-state index contributed by atoms with van der Waals surface area (Å²) >= 11 is 0. The van der Waals surface area contributed by atoms with Crippen LogP contribution in [0.15, 0.2) is 23.7 Å². The van der Waals surface area contributed by atoms with Gasteiger partial charge < -0.3 is 24.5 Å². The third kappa shape index (κ3) is 6.74. The third-order valence-corrected chi connectivity index (χ3v) is 5.34. The van der Waals surface area contributed by atoms with Gasteiger partial charge in [0.05, 0.1) is 22.3 Å². The number of hydrogen-bond donors (Lipinski definition) is 2. The molecule has 1 aromatic carbocycles. The van der Waals surface area contributed by atoms with E-state index in [2.05, 4.69) is 5.32 Å². The summed E-state index contributed by atoms with van der Waals surface area (Å²) in [5.41, 5.74) is -3.54. The summed E-state index contributed by atoms with van der Waals surface area (Å²) in [6.45, 7) is 12.2. The Hall–Kier alpha value is -2.53. The number of amides is 1. The summed E-state index contributed by atoms with van der Waals surface area (Å²) in [5, 5.41) is 12.1. The first-order valence-electron chi connectivity index (χ1n) is 10.3. The van der Waals surface area contributed by atoms with E-state index in [0.717, 1.165) is 12.1 Å². The molecule has 0 atom stereocenters. The maximum absolute atomic E-state index is 13.1. The Morgan fingerprint density at radius 3 is 2.12 bits per heavy atom. The number of halogens is 3. The van der Waals surface area contributed by atoms with Gasteiger partial charge in [-0.05, 0) is 71.6 Å². The predicted octanol–water partition coefficient (Wildman–Crippen LogP) is 4.94. The Morgan fingerprint density at radius 1 is 1.12 bits per heavy atom. The Balaban J connectivity index is 2.47. The van der Waals surface area contributed by atoms with Crippen LogP contribution in [-0.2, 0) is 20.2 Å². The number of benzene rings is 1. The van der Waals surface area contributed by atoms with E-state index in [-0.39, 0.29) is 12.1 Å². The Morgan fingerprint density at radius 2 is 1.67 bits per heavy atom. The lowest BCUT2D eigenvalue weighted by molar-refractivity contribution is -0.137. The molecule has 0 aromatic heterocycles. The third-order valence-electron chi connectivity index (χ3n) is 5.34. The zero-order valence-electron chi connectivity index (χ0n) is 19.7. The molecule has 1 aliphatic heterocycles. The molecule has 2 rings (SSSR count). The number of carbonyl (C=O) groups excluding carboxylic acids is 1. The van der Waals surface area contributed by atoms with Gasteiger partial charge in [0, 0.05) is 6.54 Å². The highest BCUT2D eigenvalue weighted by atomic mass is 19.4. The largest absolute Gasteiger partial charge is 0.492 e. The van der Waals surface area contributed by atoms with Crippen molar-refractivity contribution in [3.05, 3.63) is 40.4 Å². The fourth-order valence-electron chi connectivity index (χ4n) is 2.93. The predicted molar refractivity (Wildman–Crippen MR) is 117 cm³/mol. The smallest absolute Gasteiger partial charge is 0.478 e. The number of alkyl carbamates (subject to hydrolysis) is 1. The molecule has 33 heavy (non-hydrogen) atoms. The first-order valence-corrected chi connectivity index (χ1v) is 10.3. The number of aromatic carboxylic acids is 1. The summed E-state index contributed by atoms with van der Waals surface area (Å²) in [6.07, 6.45) is -4.07. The van der Waals surface area contributed by atoms with Crippen LogP contribution in [-0.4, -0.2) is 47.6 Å². The first-order chi connectivity index (χ1) is 14.8. The van der Waals surface area contributed by atoms with E-state index >= 15 is 0 Å². The number of rotatable bonds is 5. The van der Waals surface area contributed by atoms with Gasteiger partial charge in [-0.15, -0.1) is 0 Å². The van der Waals surface area contributed by atoms with Gasteiger partial charge in [0.25, 0.3) is 0 Å². The number of hydrogen-bond acceptors (Lipinski definition) is 5. The molecule has 11 heteroatoms. The molecule has 2 N–H and O–H groups in total. The highest BCUT2D eigenvalue weighted by Gasteiger charge is 2.52. The first kappa shape index (κ1) is 26.7. The van der Waals surface area contributed by atoms with Crippen LogP contribution >= 0.6 is 0 Å². The van der Waals surface area contributed by atoms with E-state index in [4.69, 9.17) is 14.0 Å². The summed E-state index contributed by atoms with van der Waals surface area (Å²) in [4.78, 5) is 23.8. The van der Waals surface area contributed by atoms with Crippen LogP contribution in [0.25, 0.3) is 6.08 Å². The van der Waals surface area contributed by atoms with Crippen molar-refractivity contribution >= 4 is 25.3 Å². The quantitative estimate of drug-likeness (QED) is 0.591. The molecule has 1 aromatic rings. The average Bonchev–Trinajstić information content (AvgIpc) is 2.83. The molecule has 0 aliphatic carbocycles. The minimum atomic E-state index is -4.70. The summed E-state index contributed by atoms with van der Waals surface area (Å²) in [6, 6.07) is 2.42. The summed E-state index contributed by atoms with van der Waals surface area (Å²) < 4.78 is 56.5. The van der Waals surface area contributed by atoms with Crippen molar-refractivity contribution < 1.29 is 41.9 Å². The molecule has 1 amide bonds. The van der Waals surface area contributed by atoms with Gasteiger partial charge in [-0.1, -0.05) is 12.1 Å². The molecule has 182 valence electrons. The van der Waals surface area contributed by atoms with E-state index in [1.807, 2.05) is 27.7 Å². The fourth-order valence-corrected chi connectivity index (χ4v) is 2.93. The molecular weight excluding hydrogens is 442 g/mol. The van der Waals surface area contributed by atoms with Crippen LogP contribution < -0.4 is 5.32 Å². The molecule has 1 heterocycles. The van der Waals surface area contributed by atoms with Gasteiger partial charge in [-0.2, -0.15) is 13.2 Å². The number of carboxylic acids is 1. The lowest BCUT2D eigenvalue weighted by Crippen LogP contribution is -2.41. The fraction of sp³-hybridized carbons (Fsp3) is 0.545. The summed E-state index contributed by atoms with van der Waals surface area (Å²) in [7, 11) is -0.978. The van der Waals surface area contributed by atoms with E-state index in [1.165, 1.54) is 6.08 Å². The van der Waals surface area contributed by atoms with Crippen LogP contribution in [0.5, 0.6) is 0 Å². The van der Waals surface area contributed by atoms with Crippen molar-refractivity contribution in [2.75, 3.05) is 6.54 Å². The van der Waals surface area contributed by atoms with Crippen molar-refractivity contribution in [1.82, 2.24) is 5.32 Å². The molecule has 1 saturated heterocycles. The molecule has 0 bridgehead atoms. The standard InChI is InChI=1S/C22H29BF3NO6/c1-19(2,3)31-18(30)27-12-15(23-32-20(4,5)21(6,7)33-23)10-13-8-9-14(22(24,25)26)11-16(13)17(28)29/h8-11H,12H2,1-7H3,(H,27,30)(H,28,29). The van der Waals surface area contributed by atoms with Gasteiger partial charge in [-0.3, -0.25) is 0 Å². The van der Waals surface area contributed by atoms with Crippen molar-refractivity contribution in [1.29, 1.82) is 0 Å². The van der Waals surface area contributed by atoms with Crippen LogP contribution in [0.3, 0.4) is 0 Å². The maximum atomic E-state index is 13.1. The van der Waals surface area contributed by atoms with E-state index in [1.54, 1.807) is 20.8 Å². The summed E-state index contributed by atoms with van der Waals surface area (Å²) in [5.74, 6) is -1.53. The molecule has 0 radical (unpaired) electrons. The van der Waals surface area contributed by atoms with Gasteiger partial charge in [0.15, 0.2) is 0 Å². The van der Waals surface area contributed by atoms with E-state index in [0.29, 0.717) is 11.5 Å². The molecule has 1 fully saturated rings. The normalized spacial score (nSPS) is 18.2. The van der Waals surface area contributed by atoms with Gasteiger partial charge in [-0.25, -0.2) is 9.59 Å². The molecule has 7 nitrogen and oxygen atoms in total. The minimum absolute atomic E-state index is 0.00574. The lowest BCUT2D eigenvalue weighted by atomic mass is 9.76. The molecule has 0 saturated carbocycles. The zero-order valence-corrected chi connectivity index (χ0v) is 19.7. The SMILES string of the molecule is CC(C)(C)OC(=O)NCC(=Cc1ccc(C(F)(F)F)cc1C(=O)O)B1OC(C)(C)C(C)(C)O1. The van der Waals surface area contributed by atoms with Crippen molar-refractivity contribution in [2.24, 2.45) is 0 Å². The van der Waals surface area contributed by atoms with E-state index < -0.39 is 53.3 Å². The van der Waals surface area contributed by atoms with Crippen molar-refractivity contribution in [3.8, 4) is 0 Å². The maximum Gasteiger partial charge on any atom is 0.492 e. The number of carboxylic acid groups (broad SMARTS) is 1. The van der Waals surface area contributed by atoms with Crippen molar-refractivity contribution in [2.45, 2.75) is 71.4 Å². The Bertz CT molecular complexity index is 934. The Kier molecular flexibility index (Phi) is 7.30. The minimum Gasteiger partial charge on any atom is -0.478 e. The van der Waals surface area contributed by atoms with Crippen LogP contribution in [0.4, 0.5) is 18.0 Å². The molecular formula is C22H29BF3NO6. The second kappa shape index (κ2) is 9.02. The number of alkyl halides is 3. The molecule has 0 unspecified atom stereocenters. The average molecular weight is 471 g/mol. The lowest BCUT2D eigenvalue weighted by Gasteiger charge is -2.32. The molecule has 0 spiro atoms. The molecule has 1 aliphatic rings. The monoisotopic (exact) mass is 471 g/mol. The zero-order chi connectivity index (χ0) is 25.4. The van der Waals surface area contributed by atoms with Gasteiger partial charge >= 0.3 is 25.4 Å². The van der Waals surface area contributed by atoms with Crippen LogP contribution in [0.1, 0.15) is 70.0 Å². The van der Waals surface area contributed by atoms with E-state index in [9.17, 15) is 27.9 Å². The number of ether oxygens (including phenoxy) is 1. The number of carbonyl (C=O) groups is 2.